The number of hydrogen-bond acceptors (Lipinski definition) is 3. The molecule has 0 aliphatic heterocycles. The molecule has 1 saturated carbocycles. The van der Waals surface area contributed by atoms with Gasteiger partial charge in [0.2, 0.25) is 0 Å². The standard InChI is InChI=1S/C13H16BrNO2S/c14-10-3-4-11(12(18)7-10)13(16)15-5-6-17-8-9-1-2-9/h3-4,7,9,18H,1-2,5-6,8H2,(H,15,16). The smallest absolute Gasteiger partial charge is 0.252 e. The van der Waals surface area contributed by atoms with Gasteiger partial charge in [0.15, 0.2) is 0 Å². The summed E-state index contributed by atoms with van der Waals surface area (Å²) in [7, 11) is 0. The Morgan fingerprint density at radius 2 is 2.28 bits per heavy atom. The monoisotopic (exact) mass is 329 g/mol. The highest BCUT2D eigenvalue weighted by Crippen LogP contribution is 2.28. The SMILES string of the molecule is O=C(NCCOCC1CC1)c1ccc(Br)cc1S. The van der Waals surface area contributed by atoms with Crippen molar-refractivity contribution in [3.8, 4) is 0 Å². The van der Waals surface area contributed by atoms with Crippen molar-refractivity contribution >= 4 is 34.5 Å². The lowest BCUT2D eigenvalue weighted by atomic mass is 10.2. The maximum Gasteiger partial charge on any atom is 0.252 e. The molecule has 18 heavy (non-hydrogen) atoms. The first-order valence-corrected chi connectivity index (χ1v) is 7.25. The molecule has 0 unspecified atom stereocenters. The number of carbonyl (C=O) groups is 1. The Kier molecular flexibility index (Phi) is 5.09. The van der Waals surface area contributed by atoms with Gasteiger partial charge in [-0.2, -0.15) is 0 Å². The van der Waals surface area contributed by atoms with Crippen molar-refractivity contribution in [2.24, 2.45) is 5.92 Å². The molecule has 3 nitrogen and oxygen atoms in total. The molecule has 0 heterocycles. The lowest BCUT2D eigenvalue weighted by molar-refractivity contribution is 0.0904. The van der Waals surface area contributed by atoms with Crippen molar-refractivity contribution in [3.05, 3.63) is 28.2 Å². The second kappa shape index (κ2) is 6.59. The summed E-state index contributed by atoms with van der Waals surface area (Å²) in [5, 5.41) is 2.83. The van der Waals surface area contributed by atoms with Crippen molar-refractivity contribution in [1.82, 2.24) is 5.32 Å². The predicted molar refractivity (Wildman–Crippen MR) is 77.3 cm³/mol. The molecule has 98 valence electrons. The van der Waals surface area contributed by atoms with Gasteiger partial charge < -0.3 is 10.1 Å². The van der Waals surface area contributed by atoms with Crippen LogP contribution in [-0.2, 0) is 4.74 Å². The van der Waals surface area contributed by atoms with Gasteiger partial charge in [0, 0.05) is 22.5 Å². The summed E-state index contributed by atoms with van der Waals surface area (Å²) >= 11 is 7.62. The summed E-state index contributed by atoms with van der Waals surface area (Å²) in [6, 6.07) is 5.40. The van der Waals surface area contributed by atoms with Crippen LogP contribution in [0.15, 0.2) is 27.6 Å². The lowest BCUT2D eigenvalue weighted by Crippen LogP contribution is -2.27. The summed E-state index contributed by atoms with van der Waals surface area (Å²) in [4.78, 5) is 12.5. The summed E-state index contributed by atoms with van der Waals surface area (Å²) in [6.07, 6.45) is 2.57. The molecule has 0 spiro atoms. The molecule has 0 bridgehead atoms. The topological polar surface area (TPSA) is 38.3 Å². The molecule has 1 amide bonds. The zero-order chi connectivity index (χ0) is 13.0. The van der Waals surface area contributed by atoms with E-state index in [4.69, 9.17) is 4.74 Å². The van der Waals surface area contributed by atoms with Gasteiger partial charge in [-0.1, -0.05) is 15.9 Å². The number of rotatable bonds is 6. The van der Waals surface area contributed by atoms with Crippen molar-refractivity contribution in [3.63, 3.8) is 0 Å². The fourth-order valence-electron chi connectivity index (χ4n) is 1.56. The van der Waals surface area contributed by atoms with Crippen LogP contribution in [0.4, 0.5) is 0 Å². The van der Waals surface area contributed by atoms with Crippen LogP contribution in [0.2, 0.25) is 0 Å². The van der Waals surface area contributed by atoms with E-state index in [0.29, 0.717) is 23.6 Å². The molecule has 0 saturated heterocycles. The van der Waals surface area contributed by atoms with Gasteiger partial charge in [0.05, 0.1) is 12.2 Å². The molecule has 1 N–H and O–H groups in total. The molecule has 5 heteroatoms. The van der Waals surface area contributed by atoms with Gasteiger partial charge >= 0.3 is 0 Å². The molecule has 1 aliphatic rings. The van der Waals surface area contributed by atoms with E-state index >= 15 is 0 Å². The number of thiol groups is 1. The van der Waals surface area contributed by atoms with Gasteiger partial charge in [-0.3, -0.25) is 4.79 Å². The van der Waals surface area contributed by atoms with E-state index < -0.39 is 0 Å². The Labute approximate surface area is 121 Å². The second-order valence-corrected chi connectivity index (χ2v) is 5.83. The van der Waals surface area contributed by atoms with E-state index in [1.807, 2.05) is 12.1 Å². The Morgan fingerprint density at radius 1 is 1.50 bits per heavy atom. The maximum atomic E-state index is 11.9. The van der Waals surface area contributed by atoms with Gasteiger partial charge in [0.25, 0.3) is 5.91 Å². The molecule has 0 atom stereocenters. The average Bonchev–Trinajstić information content (AvgIpc) is 3.12. The third-order valence-electron chi connectivity index (χ3n) is 2.79. The van der Waals surface area contributed by atoms with Crippen LogP contribution in [-0.4, -0.2) is 25.7 Å². The summed E-state index contributed by atoms with van der Waals surface area (Å²) < 4.78 is 6.37. The van der Waals surface area contributed by atoms with Gasteiger partial charge in [-0.15, -0.1) is 12.6 Å². The van der Waals surface area contributed by atoms with Crippen molar-refractivity contribution in [2.45, 2.75) is 17.7 Å². The van der Waals surface area contributed by atoms with E-state index in [1.165, 1.54) is 12.8 Å². The number of nitrogens with one attached hydrogen (secondary N) is 1. The lowest BCUT2D eigenvalue weighted by Gasteiger charge is -2.08. The molecule has 1 aromatic carbocycles. The third-order valence-corrected chi connectivity index (χ3v) is 3.65. The summed E-state index contributed by atoms with van der Waals surface area (Å²) in [5.41, 5.74) is 0.587. The Balaban J connectivity index is 1.72. The number of hydrogen-bond donors (Lipinski definition) is 2. The average molecular weight is 330 g/mol. The van der Waals surface area contributed by atoms with E-state index in [-0.39, 0.29) is 5.91 Å². The quantitative estimate of drug-likeness (QED) is 0.622. The first-order chi connectivity index (χ1) is 8.66. The number of benzene rings is 1. The Morgan fingerprint density at radius 3 is 2.94 bits per heavy atom. The highest BCUT2D eigenvalue weighted by molar-refractivity contribution is 9.10. The molecule has 1 fully saturated rings. The predicted octanol–water partition coefficient (Wildman–Crippen LogP) is 2.89. The van der Waals surface area contributed by atoms with Gasteiger partial charge in [-0.05, 0) is 37.0 Å². The second-order valence-electron chi connectivity index (χ2n) is 4.44. The van der Waals surface area contributed by atoms with E-state index in [1.54, 1.807) is 6.07 Å². The minimum absolute atomic E-state index is 0.109. The van der Waals surface area contributed by atoms with Crippen LogP contribution in [0, 0.1) is 5.92 Å². The van der Waals surface area contributed by atoms with Gasteiger partial charge in [0.1, 0.15) is 0 Å². The zero-order valence-corrected chi connectivity index (χ0v) is 12.5. The summed E-state index contributed by atoms with van der Waals surface area (Å²) in [5.74, 6) is 0.652. The molecule has 1 aliphatic carbocycles. The first-order valence-electron chi connectivity index (χ1n) is 6.01. The van der Waals surface area contributed by atoms with Crippen molar-refractivity contribution in [2.75, 3.05) is 19.8 Å². The number of halogens is 1. The van der Waals surface area contributed by atoms with Crippen LogP contribution in [0.5, 0.6) is 0 Å². The number of amides is 1. The van der Waals surface area contributed by atoms with Crippen LogP contribution < -0.4 is 5.32 Å². The third kappa shape index (κ3) is 4.30. The Bertz CT molecular complexity index is 435. The summed E-state index contributed by atoms with van der Waals surface area (Å²) in [6.45, 7) is 1.93. The largest absolute Gasteiger partial charge is 0.379 e. The van der Waals surface area contributed by atoms with E-state index in [0.717, 1.165) is 17.0 Å². The molecular weight excluding hydrogens is 314 g/mol. The highest BCUT2D eigenvalue weighted by atomic mass is 79.9. The minimum Gasteiger partial charge on any atom is -0.379 e. The van der Waals surface area contributed by atoms with Crippen molar-refractivity contribution in [1.29, 1.82) is 0 Å². The van der Waals surface area contributed by atoms with Crippen LogP contribution >= 0.6 is 28.6 Å². The Hall–Kier alpha value is -0.520. The van der Waals surface area contributed by atoms with E-state index in [2.05, 4.69) is 33.9 Å². The van der Waals surface area contributed by atoms with E-state index in [9.17, 15) is 4.79 Å². The van der Waals surface area contributed by atoms with Crippen LogP contribution in [0.3, 0.4) is 0 Å². The van der Waals surface area contributed by atoms with Crippen LogP contribution in [0.25, 0.3) is 0 Å². The molecule has 0 radical (unpaired) electrons. The fourth-order valence-corrected chi connectivity index (χ4v) is 2.42. The number of carbonyl (C=O) groups excluding carboxylic acids is 1. The molecule has 2 rings (SSSR count). The molecule has 0 aromatic heterocycles. The van der Waals surface area contributed by atoms with Gasteiger partial charge in [-0.25, -0.2) is 0 Å². The fraction of sp³-hybridized carbons (Fsp3) is 0.462. The normalized spacial score (nSPS) is 14.6. The van der Waals surface area contributed by atoms with Crippen molar-refractivity contribution < 1.29 is 9.53 Å². The zero-order valence-electron chi connectivity index (χ0n) is 9.99. The molecule has 1 aromatic rings. The minimum atomic E-state index is -0.109. The highest BCUT2D eigenvalue weighted by Gasteiger charge is 2.20. The number of ether oxygens (including phenoxy) is 1. The van der Waals surface area contributed by atoms with Crippen LogP contribution in [0.1, 0.15) is 23.2 Å². The maximum absolute atomic E-state index is 11.9. The first kappa shape index (κ1) is 13.9. The molecular formula is C13H16BrNO2S.